The van der Waals surface area contributed by atoms with Gasteiger partial charge in [-0.3, -0.25) is 14.4 Å². The van der Waals surface area contributed by atoms with Crippen molar-refractivity contribution < 1.29 is 19.1 Å². The van der Waals surface area contributed by atoms with Crippen LogP contribution in [0, 0.1) is 0 Å². The molecule has 1 fully saturated rings. The minimum Gasteiger partial charge on any atom is -0.444 e. The molecular weight excluding hydrogens is 396 g/mol. The normalized spacial score (nSPS) is 20.9. The number of fused-ring (bicyclic) bond motifs is 1. The Morgan fingerprint density at radius 3 is 2.84 bits per heavy atom. The predicted octanol–water partition coefficient (Wildman–Crippen LogP) is 3.54. The Morgan fingerprint density at radius 2 is 2.10 bits per heavy atom. The fraction of sp³-hybridized carbons (Fsp3) is 0.522. The van der Waals surface area contributed by atoms with Crippen molar-refractivity contribution in [3.63, 3.8) is 0 Å². The Hall–Kier alpha value is -2.87. The van der Waals surface area contributed by atoms with Gasteiger partial charge < -0.3 is 14.8 Å². The van der Waals surface area contributed by atoms with Gasteiger partial charge in [-0.05, 0) is 51.2 Å². The first-order chi connectivity index (χ1) is 14.8. The molecule has 1 N–H and O–H groups in total. The summed E-state index contributed by atoms with van der Waals surface area (Å²) in [6.45, 7) is 7.33. The number of nitrogens with zero attached hydrogens (tertiary/aromatic N) is 3. The first-order valence-electron chi connectivity index (χ1n) is 10.8. The first-order valence-corrected chi connectivity index (χ1v) is 10.8. The zero-order valence-corrected chi connectivity index (χ0v) is 18.3. The molecule has 2 aliphatic rings. The summed E-state index contributed by atoms with van der Waals surface area (Å²) < 4.78 is 13.0. The average molecular weight is 427 g/mol. The van der Waals surface area contributed by atoms with Crippen molar-refractivity contribution in [1.29, 1.82) is 0 Å². The van der Waals surface area contributed by atoms with Crippen LogP contribution in [-0.4, -0.2) is 51.5 Å². The predicted molar refractivity (Wildman–Crippen MR) is 116 cm³/mol. The Balaban J connectivity index is 1.53. The van der Waals surface area contributed by atoms with Gasteiger partial charge in [0, 0.05) is 19.3 Å². The van der Waals surface area contributed by atoms with Gasteiger partial charge in [0.15, 0.2) is 0 Å². The largest absolute Gasteiger partial charge is 0.444 e. The molecule has 31 heavy (non-hydrogen) atoms. The zero-order valence-electron chi connectivity index (χ0n) is 18.3. The lowest BCUT2D eigenvalue weighted by molar-refractivity contribution is -0.121. The molecule has 1 aromatic carbocycles. The fourth-order valence-corrected chi connectivity index (χ4v) is 4.10. The molecule has 0 bridgehead atoms. The number of anilines is 1. The Morgan fingerprint density at radius 1 is 1.29 bits per heavy atom. The van der Waals surface area contributed by atoms with Gasteiger partial charge in [-0.2, -0.15) is 5.10 Å². The number of ether oxygens (including phenoxy) is 2. The number of nitrogens with one attached hydrogen (secondary N) is 1. The molecule has 0 saturated carbocycles. The number of aromatic nitrogens is 2. The lowest BCUT2D eigenvalue weighted by Crippen LogP contribution is -2.47. The van der Waals surface area contributed by atoms with Crippen LogP contribution in [0.4, 0.5) is 10.5 Å². The van der Waals surface area contributed by atoms with E-state index in [1.165, 1.54) is 4.90 Å². The molecular formula is C23H30N4O4. The van der Waals surface area contributed by atoms with E-state index >= 15 is 0 Å². The second-order valence-corrected chi connectivity index (χ2v) is 9.10. The third-order valence-electron chi connectivity index (χ3n) is 5.48. The maximum Gasteiger partial charge on any atom is 0.411 e. The van der Waals surface area contributed by atoms with Crippen molar-refractivity contribution in [3.05, 3.63) is 47.8 Å². The smallest absolute Gasteiger partial charge is 0.411 e. The SMILES string of the molecule is CC(C)(C)OC(=O)N1CCc2ccccc2[C@@H]1C(=O)Nc1cnn(C[C@H]2CCCO2)c1. The van der Waals surface area contributed by atoms with E-state index in [-0.39, 0.29) is 12.0 Å². The van der Waals surface area contributed by atoms with Gasteiger partial charge in [0.25, 0.3) is 5.91 Å². The minimum absolute atomic E-state index is 0.163. The van der Waals surface area contributed by atoms with Gasteiger partial charge in [-0.1, -0.05) is 24.3 Å². The lowest BCUT2D eigenvalue weighted by atomic mass is 9.92. The quantitative estimate of drug-likeness (QED) is 0.808. The maximum atomic E-state index is 13.3. The van der Waals surface area contributed by atoms with Crippen LogP contribution in [-0.2, 0) is 27.2 Å². The Kier molecular flexibility index (Phi) is 6.00. The van der Waals surface area contributed by atoms with Crippen molar-refractivity contribution in [1.82, 2.24) is 14.7 Å². The van der Waals surface area contributed by atoms with Crippen LogP contribution in [0.3, 0.4) is 0 Å². The molecule has 0 aliphatic carbocycles. The number of rotatable bonds is 4. The van der Waals surface area contributed by atoms with Gasteiger partial charge in [0.05, 0.1) is 24.5 Å². The summed E-state index contributed by atoms with van der Waals surface area (Å²) in [5.41, 5.74) is 1.84. The molecule has 0 radical (unpaired) electrons. The summed E-state index contributed by atoms with van der Waals surface area (Å²) in [7, 11) is 0. The molecule has 2 aromatic rings. The molecule has 0 unspecified atom stereocenters. The van der Waals surface area contributed by atoms with Crippen molar-refractivity contribution in [3.8, 4) is 0 Å². The highest BCUT2D eigenvalue weighted by molar-refractivity contribution is 5.97. The average Bonchev–Trinajstić information content (AvgIpc) is 3.38. The van der Waals surface area contributed by atoms with Crippen LogP contribution >= 0.6 is 0 Å². The maximum absolute atomic E-state index is 13.3. The van der Waals surface area contributed by atoms with Gasteiger partial charge >= 0.3 is 6.09 Å². The van der Waals surface area contributed by atoms with Crippen molar-refractivity contribution in [2.24, 2.45) is 0 Å². The van der Waals surface area contributed by atoms with Gasteiger partial charge in [-0.15, -0.1) is 0 Å². The summed E-state index contributed by atoms with van der Waals surface area (Å²) in [5, 5.41) is 7.27. The second-order valence-electron chi connectivity index (χ2n) is 9.10. The molecule has 8 heteroatoms. The van der Waals surface area contributed by atoms with Crippen LogP contribution in [0.25, 0.3) is 0 Å². The highest BCUT2D eigenvalue weighted by Gasteiger charge is 2.38. The number of amides is 2. The fourth-order valence-electron chi connectivity index (χ4n) is 4.10. The molecule has 2 atom stereocenters. The van der Waals surface area contributed by atoms with Crippen LogP contribution in [0.1, 0.15) is 50.8 Å². The van der Waals surface area contributed by atoms with E-state index < -0.39 is 17.7 Å². The van der Waals surface area contributed by atoms with E-state index in [4.69, 9.17) is 9.47 Å². The summed E-state index contributed by atoms with van der Waals surface area (Å²) in [4.78, 5) is 27.7. The van der Waals surface area contributed by atoms with Crippen molar-refractivity contribution >= 4 is 17.7 Å². The second kappa shape index (κ2) is 8.70. The highest BCUT2D eigenvalue weighted by atomic mass is 16.6. The summed E-state index contributed by atoms with van der Waals surface area (Å²) in [6, 6.07) is 6.98. The van der Waals surface area contributed by atoms with E-state index in [1.54, 1.807) is 17.1 Å². The topological polar surface area (TPSA) is 85.7 Å². The molecule has 8 nitrogen and oxygen atoms in total. The summed E-state index contributed by atoms with van der Waals surface area (Å²) in [6.07, 6.45) is 5.86. The first kappa shape index (κ1) is 21.4. The van der Waals surface area contributed by atoms with Crippen LogP contribution < -0.4 is 5.32 Å². The highest BCUT2D eigenvalue weighted by Crippen LogP contribution is 2.32. The molecule has 2 aliphatic heterocycles. The number of hydrogen-bond acceptors (Lipinski definition) is 5. The number of carbonyl (C=O) groups excluding carboxylic acids is 2. The van der Waals surface area contributed by atoms with Gasteiger partial charge in [0.2, 0.25) is 0 Å². The standard InChI is InChI=1S/C23H30N4O4/c1-23(2,3)31-22(29)27-11-10-16-7-4-5-9-19(16)20(27)21(28)25-17-13-24-26(14-17)15-18-8-6-12-30-18/h4-5,7,9,13-14,18,20H,6,8,10-12,15H2,1-3H3,(H,25,28)/t18-,20-/m1/s1. The minimum atomic E-state index is -0.763. The third kappa shape index (κ3) is 5.07. The molecule has 2 amide bonds. The van der Waals surface area contributed by atoms with Crippen molar-refractivity contribution in [2.75, 3.05) is 18.5 Å². The van der Waals surface area contributed by atoms with Gasteiger partial charge in [0.1, 0.15) is 11.6 Å². The molecule has 4 rings (SSSR count). The molecule has 166 valence electrons. The molecule has 0 spiro atoms. The van der Waals surface area contributed by atoms with E-state index in [2.05, 4.69) is 10.4 Å². The van der Waals surface area contributed by atoms with Gasteiger partial charge in [-0.25, -0.2) is 4.79 Å². The van der Waals surface area contributed by atoms with Crippen molar-refractivity contribution in [2.45, 2.75) is 64.3 Å². The Bertz CT molecular complexity index is 943. The van der Waals surface area contributed by atoms with Crippen LogP contribution in [0.2, 0.25) is 0 Å². The van der Waals surface area contributed by atoms with E-state index in [0.29, 0.717) is 25.2 Å². The van der Waals surface area contributed by atoms with E-state index in [9.17, 15) is 9.59 Å². The van der Waals surface area contributed by atoms with Crippen LogP contribution in [0.15, 0.2) is 36.7 Å². The monoisotopic (exact) mass is 426 g/mol. The lowest BCUT2D eigenvalue weighted by Gasteiger charge is -2.37. The summed E-state index contributed by atoms with van der Waals surface area (Å²) in [5.74, 6) is -0.283. The number of benzene rings is 1. The van der Waals surface area contributed by atoms with Crippen LogP contribution in [0.5, 0.6) is 0 Å². The molecule has 1 saturated heterocycles. The summed E-state index contributed by atoms with van der Waals surface area (Å²) >= 11 is 0. The van der Waals surface area contributed by atoms with E-state index in [1.807, 2.05) is 45.0 Å². The third-order valence-corrected chi connectivity index (χ3v) is 5.48. The number of hydrogen-bond donors (Lipinski definition) is 1. The number of carbonyl (C=O) groups is 2. The molecule has 3 heterocycles. The zero-order chi connectivity index (χ0) is 22.0. The Labute approximate surface area is 182 Å². The van der Waals surface area contributed by atoms with E-state index in [0.717, 1.165) is 30.6 Å². The molecule has 1 aromatic heterocycles.